The van der Waals surface area contributed by atoms with E-state index < -0.39 is 25.5 Å². The molecule has 0 saturated carbocycles. The number of rotatable bonds is 20. The highest BCUT2D eigenvalue weighted by Gasteiger charge is 2.53. The fourth-order valence-electron chi connectivity index (χ4n) is 4.97. The summed E-state index contributed by atoms with van der Waals surface area (Å²) in [5.74, 6) is -0.565. The zero-order chi connectivity index (χ0) is 28.5. The highest BCUT2D eigenvalue weighted by molar-refractivity contribution is 7.46. The van der Waals surface area contributed by atoms with Gasteiger partial charge in [-0.1, -0.05) is 57.6 Å². The largest absolute Gasteiger partial charge is 0.494 e. The maximum absolute atomic E-state index is 11.5. The fourth-order valence-corrected chi connectivity index (χ4v) is 5.34. The van der Waals surface area contributed by atoms with Gasteiger partial charge in [0, 0.05) is 18.7 Å². The Bertz CT molecular complexity index is 1060. The van der Waals surface area contributed by atoms with Crippen LogP contribution in [0.3, 0.4) is 0 Å². The number of phosphoric ester groups is 1. The Hall–Kier alpha value is -2.14. The summed E-state index contributed by atoms with van der Waals surface area (Å²) in [5, 5.41) is 21.7. The molecule has 0 spiro atoms. The molecule has 39 heavy (non-hydrogen) atoms. The van der Waals surface area contributed by atoms with Crippen molar-refractivity contribution in [3.05, 3.63) is 35.4 Å². The van der Waals surface area contributed by atoms with Crippen molar-refractivity contribution in [1.29, 1.82) is 0 Å². The Labute approximate surface area is 229 Å². The van der Waals surface area contributed by atoms with Crippen LogP contribution in [0.2, 0.25) is 0 Å². The Morgan fingerprint density at radius 3 is 2.23 bits per heavy atom. The summed E-state index contributed by atoms with van der Waals surface area (Å²) >= 11 is 0. The molecule has 11 nitrogen and oxygen atoms in total. The molecule has 2 aliphatic heterocycles. The van der Waals surface area contributed by atoms with Crippen LogP contribution in [-0.4, -0.2) is 57.0 Å². The highest BCUT2D eigenvalue weighted by atomic mass is 31.2. The third-order valence-electron chi connectivity index (χ3n) is 6.95. The fraction of sp³-hybridized carbons (Fsp3) is 0.667. The number of ether oxygens (including phenoxy) is 3. The highest BCUT2D eigenvalue weighted by Crippen LogP contribution is 2.58. The zero-order valence-corrected chi connectivity index (χ0v) is 23.6. The molecule has 2 aliphatic rings. The lowest BCUT2D eigenvalue weighted by Crippen LogP contribution is -2.28. The van der Waals surface area contributed by atoms with Crippen LogP contribution in [0.1, 0.15) is 88.4 Å². The normalized spacial score (nSPS) is 19.5. The maximum atomic E-state index is 11.5. The first-order valence-electron chi connectivity index (χ1n) is 13.7. The molecule has 1 aromatic rings. The molecule has 2 unspecified atom stereocenters. The molecule has 12 heteroatoms. The summed E-state index contributed by atoms with van der Waals surface area (Å²) < 4.78 is 33.6. The molecule has 2 bridgehead atoms. The van der Waals surface area contributed by atoms with Crippen LogP contribution in [0.15, 0.2) is 24.3 Å². The van der Waals surface area contributed by atoms with Crippen LogP contribution in [0, 0.1) is 0 Å². The van der Waals surface area contributed by atoms with Crippen LogP contribution in [-0.2, 0) is 40.2 Å². The minimum absolute atomic E-state index is 0.0422. The second kappa shape index (κ2) is 14.5. The minimum Gasteiger partial charge on any atom is -0.494 e. The molecule has 0 saturated heterocycles. The number of hydrogen-bond donors (Lipinski definition) is 4. The number of unbranched alkanes of at least 4 members (excludes halogenated alkanes) is 8. The van der Waals surface area contributed by atoms with Gasteiger partial charge < -0.3 is 34.2 Å². The summed E-state index contributed by atoms with van der Waals surface area (Å²) in [5.41, 5.74) is 0.503. The van der Waals surface area contributed by atoms with Crippen molar-refractivity contribution >= 4 is 13.8 Å². The first-order chi connectivity index (χ1) is 18.6. The van der Waals surface area contributed by atoms with E-state index in [4.69, 9.17) is 24.0 Å². The summed E-state index contributed by atoms with van der Waals surface area (Å²) in [6, 6.07) is 0. The first kappa shape index (κ1) is 31.4. The molecule has 0 radical (unpaired) electrons. The van der Waals surface area contributed by atoms with E-state index in [-0.39, 0.29) is 38.1 Å². The molecule has 0 aliphatic carbocycles. The van der Waals surface area contributed by atoms with E-state index in [1.165, 1.54) is 4.57 Å². The van der Waals surface area contributed by atoms with Crippen LogP contribution < -0.4 is 0 Å². The summed E-state index contributed by atoms with van der Waals surface area (Å²) in [6.07, 6.45) is 12.7. The number of nitrogens with zero attached hydrogens (tertiary/aromatic N) is 1. The van der Waals surface area contributed by atoms with E-state index in [9.17, 15) is 19.6 Å². The number of carbonyl (C=O) groups excluding carboxylic acids is 1. The molecular formula is C27H42NO10P. The van der Waals surface area contributed by atoms with Crippen molar-refractivity contribution in [3.63, 3.8) is 0 Å². The summed E-state index contributed by atoms with van der Waals surface area (Å²) in [6.45, 7) is 6.45. The predicted molar refractivity (Wildman–Crippen MR) is 143 cm³/mol. The smallest absolute Gasteiger partial charge is 0.469 e. The average Bonchev–Trinajstić information content (AvgIpc) is 3.51. The van der Waals surface area contributed by atoms with Crippen LogP contribution in [0.25, 0.3) is 0 Å². The summed E-state index contributed by atoms with van der Waals surface area (Å²) in [7, 11) is -4.34. The third kappa shape index (κ3) is 8.67. The topological polar surface area (TPSA) is 157 Å². The predicted octanol–water partition coefficient (Wildman–Crippen LogP) is 4.88. The van der Waals surface area contributed by atoms with E-state index >= 15 is 0 Å². The lowest BCUT2D eigenvalue weighted by Gasteiger charge is -2.24. The van der Waals surface area contributed by atoms with Gasteiger partial charge in [0.25, 0.3) is 0 Å². The average molecular weight is 572 g/mol. The van der Waals surface area contributed by atoms with E-state index in [1.807, 2.05) is 12.2 Å². The number of aromatic nitrogens is 1. The first-order valence-corrected chi connectivity index (χ1v) is 15.2. The number of hydrogen-bond acceptors (Lipinski definition) is 8. The number of fused-ring (bicyclic) bond motifs is 5. The quantitative estimate of drug-likeness (QED) is 0.0559. The van der Waals surface area contributed by atoms with E-state index in [2.05, 4.69) is 11.1 Å². The van der Waals surface area contributed by atoms with Gasteiger partial charge in [0.1, 0.15) is 11.7 Å². The Morgan fingerprint density at radius 2 is 1.62 bits per heavy atom. The number of esters is 1. The van der Waals surface area contributed by atoms with Gasteiger partial charge in [0.15, 0.2) is 0 Å². The second-order valence-corrected chi connectivity index (χ2v) is 11.4. The van der Waals surface area contributed by atoms with E-state index in [1.54, 1.807) is 6.92 Å². The molecule has 3 heterocycles. The lowest BCUT2D eigenvalue weighted by atomic mass is 9.90. The Balaban J connectivity index is 1.31. The van der Waals surface area contributed by atoms with Crippen LogP contribution in [0.4, 0.5) is 0 Å². The second-order valence-electron chi connectivity index (χ2n) is 10.2. The molecule has 0 fully saturated rings. The number of carbonyl (C=O) groups is 1. The standard InChI is InChI=1S/C27H42NO10P/c1-20(2)26(31)36-17-12-15-28-24(29)22-21-13-14-27(38-21,23(22)25(28)30)19-35-16-10-8-6-4-3-5-7-9-11-18-37-39(32,33)34/h13-14,21,29-30H,1,3-12,15-19H2,2H3,(H2,32,33,34). The Morgan fingerprint density at radius 1 is 1.00 bits per heavy atom. The van der Waals surface area contributed by atoms with Crippen molar-refractivity contribution in [2.45, 2.75) is 89.4 Å². The van der Waals surface area contributed by atoms with Crippen molar-refractivity contribution < 1.29 is 48.1 Å². The van der Waals surface area contributed by atoms with Gasteiger partial charge in [-0.3, -0.25) is 9.09 Å². The van der Waals surface area contributed by atoms with Gasteiger partial charge in [-0.15, -0.1) is 0 Å². The number of phosphoric acid groups is 1. The van der Waals surface area contributed by atoms with Gasteiger partial charge in [-0.05, 0) is 32.3 Å². The molecule has 0 aromatic carbocycles. The van der Waals surface area contributed by atoms with Gasteiger partial charge in [0.05, 0.1) is 30.9 Å². The van der Waals surface area contributed by atoms with Crippen molar-refractivity contribution in [1.82, 2.24) is 4.57 Å². The van der Waals surface area contributed by atoms with Crippen LogP contribution >= 0.6 is 7.82 Å². The van der Waals surface area contributed by atoms with Crippen molar-refractivity contribution in [2.24, 2.45) is 0 Å². The SMILES string of the molecule is C=C(C)C(=O)OCCCn1c(O)c2c(c1O)C1(COCCCCCCCCCCCOP(=O)(O)O)C=CC2O1. The molecule has 220 valence electrons. The van der Waals surface area contributed by atoms with E-state index in [0.29, 0.717) is 36.1 Å². The summed E-state index contributed by atoms with van der Waals surface area (Å²) in [4.78, 5) is 28.8. The molecule has 3 rings (SSSR count). The molecule has 4 N–H and O–H groups in total. The van der Waals surface area contributed by atoms with Gasteiger partial charge in [0.2, 0.25) is 11.8 Å². The molecule has 1 aromatic heterocycles. The van der Waals surface area contributed by atoms with Crippen molar-refractivity contribution in [3.8, 4) is 11.8 Å². The minimum atomic E-state index is -4.34. The molecule has 2 atom stereocenters. The van der Waals surface area contributed by atoms with Crippen LogP contribution in [0.5, 0.6) is 11.8 Å². The Kier molecular flexibility index (Phi) is 11.7. The third-order valence-corrected chi connectivity index (χ3v) is 7.47. The molecule has 0 amide bonds. The van der Waals surface area contributed by atoms with Gasteiger partial charge in [-0.25, -0.2) is 9.36 Å². The van der Waals surface area contributed by atoms with Crippen molar-refractivity contribution in [2.75, 3.05) is 26.4 Å². The zero-order valence-electron chi connectivity index (χ0n) is 22.7. The van der Waals surface area contributed by atoms with E-state index in [0.717, 1.165) is 51.4 Å². The maximum Gasteiger partial charge on any atom is 0.469 e. The number of aromatic hydroxyl groups is 2. The monoisotopic (exact) mass is 571 g/mol. The van der Waals surface area contributed by atoms with Gasteiger partial charge in [-0.2, -0.15) is 0 Å². The molecular weight excluding hydrogens is 529 g/mol. The lowest BCUT2D eigenvalue weighted by molar-refractivity contribution is -0.139. The van der Waals surface area contributed by atoms with Gasteiger partial charge >= 0.3 is 13.8 Å².